The zero-order chi connectivity index (χ0) is 53.2. The fourth-order valence-electron chi connectivity index (χ4n) is 5.33. The minimum absolute atomic E-state index is 0.151. The van der Waals surface area contributed by atoms with E-state index in [1.54, 1.807) is 6.92 Å². The molecule has 0 spiro atoms. The number of carbonyl (C=O) groups is 1. The van der Waals surface area contributed by atoms with Crippen molar-refractivity contribution < 1.29 is 138 Å². The van der Waals surface area contributed by atoms with Gasteiger partial charge < -0.3 is 14.2 Å². The molecule has 1 aromatic carbocycles. The Bertz CT molecular complexity index is 1850. The Labute approximate surface area is 358 Å². The van der Waals surface area contributed by atoms with Crippen LogP contribution in [0.2, 0.25) is 0 Å². The number of nitro groups is 1. The van der Waals surface area contributed by atoms with Crippen LogP contribution >= 0.6 is 0 Å². The lowest BCUT2D eigenvalue weighted by Gasteiger charge is -2.39. The van der Waals surface area contributed by atoms with Gasteiger partial charge in [-0.2, -0.15) is 114 Å². The molecule has 0 saturated carbocycles. The molecule has 0 aliphatic carbocycles. The molecule has 7 nitrogen and oxygen atoms in total. The van der Waals surface area contributed by atoms with Gasteiger partial charge in [0, 0.05) is 19.3 Å². The van der Waals surface area contributed by atoms with Crippen LogP contribution in [0.5, 0.6) is 11.5 Å². The van der Waals surface area contributed by atoms with Crippen molar-refractivity contribution in [2.24, 2.45) is 5.92 Å². The molecule has 0 amide bonds. The number of benzene rings is 1. The summed E-state index contributed by atoms with van der Waals surface area (Å²) in [7, 11) is 0. The summed E-state index contributed by atoms with van der Waals surface area (Å²) in [5, 5.41) is 12.1. The van der Waals surface area contributed by atoms with Crippen LogP contribution in [0, 0.1) is 16.0 Å². The fraction of sp³-hybridized carbons (Fsp3) is 0.794. The van der Waals surface area contributed by atoms with Gasteiger partial charge in [0.05, 0.1) is 29.8 Å². The van der Waals surface area contributed by atoms with E-state index in [4.69, 9.17) is 14.2 Å². The summed E-state index contributed by atoms with van der Waals surface area (Å²) in [6, 6.07) is 0.516. The third-order valence-corrected chi connectivity index (χ3v) is 9.23. The summed E-state index contributed by atoms with van der Waals surface area (Å²) in [5.74, 6) is -82.5. The molecule has 0 aliphatic rings. The highest BCUT2D eigenvalue weighted by atomic mass is 19.4. The molecule has 0 radical (unpaired) electrons. The Kier molecular flexibility index (Phi) is 18.2. The number of hydrogen-bond donors (Lipinski definition) is 0. The zero-order valence-electron chi connectivity index (χ0n) is 33.6. The number of rotatable bonds is 26. The highest BCUT2D eigenvalue weighted by Gasteiger charge is 2.92. The molecule has 392 valence electrons. The molecule has 0 aromatic heterocycles. The Morgan fingerprint density at radius 3 is 1.19 bits per heavy atom. The number of unbranched alkanes of at least 4 members (excludes halogenated alkanes) is 2. The number of hydrogen-bond acceptors (Lipinski definition) is 6. The molecule has 1 aromatic rings. The second kappa shape index (κ2) is 20.1. The van der Waals surface area contributed by atoms with Gasteiger partial charge in [-0.3, -0.25) is 14.9 Å². The highest BCUT2D eigenvalue weighted by Crippen LogP contribution is 2.62. The Morgan fingerprint density at radius 2 is 0.881 bits per heavy atom. The van der Waals surface area contributed by atoms with Crippen molar-refractivity contribution in [2.75, 3.05) is 13.2 Å². The predicted molar refractivity (Wildman–Crippen MR) is 172 cm³/mol. The molecule has 33 heteroatoms. The fourth-order valence-corrected chi connectivity index (χ4v) is 5.33. The van der Waals surface area contributed by atoms with Gasteiger partial charge in [-0.1, -0.05) is 33.6 Å². The minimum atomic E-state index is -8.26. The summed E-state index contributed by atoms with van der Waals surface area (Å²) in [4.78, 5) is 23.3. The Hall–Kier alpha value is -4.13. The lowest BCUT2D eigenvalue weighted by Crippen LogP contribution is -2.70. The zero-order valence-corrected chi connectivity index (χ0v) is 33.6. The molecular weight excluding hydrogens is 1010 g/mol. The van der Waals surface area contributed by atoms with E-state index >= 15 is 0 Å². The van der Waals surface area contributed by atoms with E-state index in [0.29, 0.717) is 18.9 Å². The van der Waals surface area contributed by atoms with Crippen molar-refractivity contribution in [3.8, 4) is 11.5 Å². The molecule has 1 rings (SSSR count). The van der Waals surface area contributed by atoms with Crippen molar-refractivity contribution in [3.63, 3.8) is 0 Å². The highest BCUT2D eigenvalue weighted by molar-refractivity contribution is 5.70. The molecule has 1 atom stereocenters. The van der Waals surface area contributed by atoms with E-state index in [-0.39, 0.29) is 18.9 Å². The van der Waals surface area contributed by atoms with Crippen LogP contribution in [0.1, 0.15) is 83.8 Å². The minimum Gasteiger partial charge on any atom is -0.490 e. The first-order valence-corrected chi connectivity index (χ1v) is 18.3. The first-order chi connectivity index (χ1) is 29.6. The normalized spacial score (nSPS) is 15.2. The van der Waals surface area contributed by atoms with Crippen LogP contribution in [-0.4, -0.2) is 95.7 Å². The maximum absolute atomic E-state index is 14.4. The molecule has 0 saturated heterocycles. The van der Waals surface area contributed by atoms with Crippen molar-refractivity contribution in [2.45, 2.75) is 150 Å². The number of nitrogens with zero attached hydrogens (tertiary/aromatic N) is 1. The van der Waals surface area contributed by atoms with Gasteiger partial charge in [0.2, 0.25) is 0 Å². The van der Waals surface area contributed by atoms with Gasteiger partial charge >= 0.3 is 77.5 Å². The van der Waals surface area contributed by atoms with Gasteiger partial charge in [0.25, 0.3) is 5.69 Å². The van der Waals surface area contributed by atoms with Crippen molar-refractivity contribution in [1.29, 1.82) is 0 Å². The van der Waals surface area contributed by atoms with Crippen LogP contribution < -0.4 is 9.47 Å². The first-order valence-electron chi connectivity index (χ1n) is 18.3. The summed E-state index contributed by atoms with van der Waals surface area (Å²) < 4.78 is 366. The first kappa shape index (κ1) is 60.9. The van der Waals surface area contributed by atoms with Crippen molar-refractivity contribution in [3.05, 3.63) is 27.8 Å². The summed E-state index contributed by atoms with van der Waals surface area (Å²) in [6.45, 7) is 0.757. The molecule has 0 N–H and O–H groups in total. The maximum Gasteiger partial charge on any atom is 0.460 e. The van der Waals surface area contributed by atoms with Crippen LogP contribution in [0.4, 0.5) is 120 Å². The van der Waals surface area contributed by atoms with Gasteiger partial charge in [-0.15, -0.1) is 0 Å². The monoisotopic (exact) mass is 1050 g/mol. The quantitative estimate of drug-likeness (QED) is 0.0302. The number of esters is 1. The third-order valence-electron chi connectivity index (χ3n) is 9.23. The van der Waals surface area contributed by atoms with Crippen LogP contribution in [0.3, 0.4) is 0 Å². The van der Waals surface area contributed by atoms with Gasteiger partial charge in [-0.05, 0) is 31.2 Å². The molecule has 67 heavy (non-hydrogen) atoms. The molecule has 0 fully saturated rings. The number of ether oxygens (including phenoxy) is 3. The Morgan fingerprint density at radius 1 is 0.537 bits per heavy atom. The molecule has 1 unspecified atom stereocenters. The molecule has 0 bridgehead atoms. The lowest BCUT2D eigenvalue weighted by molar-refractivity contribution is -0.440. The van der Waals surface area contributed by atoms with E-state index in [2.05, 4.69) is 0 Å². The smallest absolute Gasteiger partial charge is 0.460 e. The SMILES string of the molecule is CCCCCC(=O)OC(c1cc(OCCCC(F)(F)C(F)(F)C(F)(F)C(F)(F)C(F)(F)C(F)(F)F)c(OCCCC(F)(F)C(F)(F)C(F)(F)C(F)(F)C(F)(F)C(F)(F)F)cc1[N+](=O)[O-])C(C)C. The summed E-state index contributed by atoms with van der Waals surface area (Å²) in [5.41, 5.74) is -2.04. The topological polar surface area (TPSA) is 87.9 Å². The summed E-state index contributed by atoms with van der Waals surface area (Å²) >= 11 is 0. The van der Waals surface area contributed by atoms with E-state index in [1.807, 2.05) is 0 Å². The second-order valence-corrected chi connectivity index (χ2v) is 14.6. The van der Waals surface area contributed by atoms with Crippen molar-refractivity contribution in [1.82, 2.24) is 0 Å². The lowest BCUT2D eigenvalue weighted by atomic mass is 9.92. The van der Waals surface area contributed by atoms with Gasteiger partial charge in [0.1, 0.15) is 6.10 Å². The van der Waals surface area contributed by atoms with Crippen molar-refractivity contribution >= 4 is 11.7 Å². The predicted octanol–water partition coefficient (Wildman–Crippen LogP) is 14.2. The van der Waals surface area contributed by atoms with Gasteiger partial charge in [-0.25, -0.2) is 0 Å². The standard InChI is InChI=1S/C34H33F26NO6/c1-4-5-6-9-21(62)67-22(16(2)3)17-14-19(65-12-7-10-23(35,36)25(39,40)27(43,44)29(47,48)31(51,52)33(55,56)57)20(15-18(17)61(63)64)66-13-8-11-24(37,38)26(41,42)28(45,46)30(49,50)32(53,54)34(58,59)60/h14-16,22H,4-13H2,1-3H3. The largest absolute Gasteiger partial charge is 0.490 e. The van der Waals surface area contributed by atoms with E-state index in [0.717, 1.165) is 0 Å². The average molecular weight is 1050 g/mol. The number of halogens is 26. The van der Waals surface area contributed by atoms with Gasteiger partial charge in [0.15, 0.2) is 11.5 Å². The molecular formula is C34H33F26NO6. The number of nitro benzene ring substituents is 1. The van der Waals surface area contributed by atoms with Crippen LogP contribution in [0.15, 0.2) is 12.1 Å². The molecule has 0 heterocycles. The second-order valence-electron chi connectivity index (χ2n) is 14.6. The Balaban J connectivity index is 3.70. The van der Waals surface area contributed by atoms with Crippen LogP contribution in [-0.2, 0) is 9.53 Å². The molecule has 0 aliphatic heterocycles. The average Bonchev–Trinajstić information content (AvgIpc) is 3.15. The maximum atomic E-state index is 14.4. The number of alkyl halides is 26. The number of carbonyl (C=O) groups excluding carboxylic acids is 1. The van der Waals surface area contributed by atoms with E-state index in [1.165, 1.54) is 13.8 Å². The van der Waals surface area contributed by atoms with E-state index in [9.17, 15) is 129 Å². The van der Waals surface area contributed by atoms with E-state index < -0.39 is 156 Å². The van der Waals surface area contributed by atoms with Crippen LogP contribution in [0.25, 0.3) is 0 Å². The third kappa shape index (κ3) is 11.5. The summed E-state index contributed by atoms with van der Waals surface area (Å²) in [6.07, 6.45) is -25.9.